The van der Waals surface area contributed by atoms with E-state index in [1.54, 1.807) is 7.05 Å². The van der Waals surface area contributed by atoms with E-state index in [9.17, 15) is 9.90 Å². The van der Waals surface area contributed by atoms with Crippen LogP contribution in [0.15, 0.2) is 30.3 Å². The average Bonchev–Trinajstić information content (AvgIpc) is 2.27. The minimum atomic E-state index is -0.597. The molecular formula is C15H23NO3. The molecule has 0 fully saturated rings. The highest BCUT2D eigenvalue weighted by Gasteiger charge is 2.21. The van der Waals surface area contributed by atoms with E-state index in [4.69, 9.17) is 4.74 Å². The van der Waals surface area contributed by atoms with E-state index in [-0.39, 0.29) is 6.54 Å². The number of aliphatic hydroxyl groups excluding tert-OH is 1. The molecular weight excluding hydrogens is 242 g/mol. The Labute approximate surface area is 115 Å². The van der Waals surface area contributed by atoms with Gasteiger partial charge in [-0.15, -0.1) is 0 Å². The fraction of sp³-hybridized carbons (Fsp3) is 0.533. The molecule has 0 saturated heterocycles. The van der Waals surface area contributed by atoms with Crippen LogP contribution in [-0.4, -0.2) is 41.4 Å². The van der Waals surface area contributed by atoms with Crippen LogP contribution in [0.4, 0.5) is 4.79 Å². The van der Waals surface area contributed by atoms with E-state index >= 15 is 0 Å². The fourth-order valence-electron chi connectivity index (χ4n) is 1.68. The summed E-state index contributed by atoms with van der Waals surface area (Å²) >= 11 is 0. The Balaban J connectivity index is 2.44. The second kappa shape index (κ2) is 6.57. The van der Waals surface area contributed by atoms with Crippen LogP contribution in [0.5, 0.6) is 0 Å². The third-order valence-electron chi connectivity index (χ3n) is 2.50. The van der Waals surface area contributed by atoms with Crippen LogP contribution in [0.25, 0.3) is 0 Å². The van der Waals surface area contributed by atoms with Crippen LogP contribution in [0, 0.1) is 0 Å². The van der Waals surface area contributed by atoms with Crippen LogP contribution in [0.2, 0.25) is 0 Å². The Morgan fingerprint density at radius 3 is 2.42 bits per heavy atom. The first-order valence-corrected chi connectivity index (χ1v) is 6.44. The van der Waals surface area contributed by atoms with Gasteiger partial charge in [-0.2, -0.15) is 0 Å². The summed E-state index contributed by atoms with van der Waals surface area (Å²) in [7, 11) is 1.63. The first-order chi connectivity index (χ1) is 8.78. The molecule has 4 nitrogen and oxygen atoms in total. The van der Waals surface area contributed by atoms with E-state index in [1.807, 2.05) is 51.1 Å². The number of amides is 1. The highest BCUT2D eigenvalue weighted by atomic mass is 16.6. The largest absolute Gasteiger partial charge is 0.444 e. The van der Waals surface area contributed by atoms with Crippen molar-refractivity contribution in [2.24, 2.45) is 0 Å². The lowest BCUT2D eigenvalue weighted by Gasteiger charge is -2.26. The van der Waals surface area contributed by atoms with Crippen LogP contribution in [0.1, 0.15) is 26.3 Å². The first kappa shape index (κ1) is 15.5. The number of nitrogens with zero attached hydrogens (tertiary/aromatic N) is 1. The van der Waals surface area contributed by atoms with Gasteiger partial charge in [-0.05, 0) is 26.3 Å². The standard InChI is InChI=1S/C15H23NO3/c1-15(2,3)19-14(18)16(4)11-13(17)10-12-8-6-5-7-9-12/h5-9,13,17H,10-11H2,1-4H3/t13-/m1/s1. The van der Waals surface area contributed by atoms with Crippen molar-refractivity contribution in [3.8, 4) is 0 Å². The lowest BCUT2D eigenvalue weighted by Crippen LogP contribution is -2.39. The molecule has 4 heteroatoms. The van der Waals surface area contributed by atoms with Gasteiger partial charge in [0, 0.05) is 20.0 Å². The third-order valence-corrected chi connectivity index (χ3v) is 2.50. The van der Waals surface area contributed by atoms with Gasteiger partial charge in [0.15, 0.2) is 0 Å². The number of carbonyl (C=O) groups excluding carboxylic acids is 1. The van der Waals surface area contributed by atoms with Gasteiger partial charge in [-0.1, -0.05) is 30.3 Å². The van der Waals surface area contributed by atoms with Crippen molar-refractivity contribution < 1.29 is 14.6 Å². The van der Waals surface area contributed by atoms with Gasteiger partial charge in [0.1, 0.15) is 5.60 Å². The zero-order valence-corrected chi connectivity index (χ0v) is 12.1. The lowest BCUT2D eigenvalue weighted by molar-refractivity contribution is 0.0207. The SMILES string of the molecule is CN(C[C@H](O)Cc1ccccc1)C(=O)OC(C)(C)C. The summed E-state index contributed by atoms with van der Waals surface area (Å²) in [6.07, 6.45) is -0.493. The van der Waals surface area contributed by atoms with Gasteiger partial charge in [0.05, 0.1) is 6.10 Å². The van der Waals surface area contributed by atoms with Crippen LogP contribution < -0.4 is 0 Å². The van der Waals surface area contributed by atoms with E-state index < -0.39 is 17.8 Å². The molecule has 0 aliphatic carbocycles. The minimum Gasteiger partial charge on any atom is -0.444 e. The van der Waals surface area contributed by atoms with Crippen LogP contribution in [0.3, 0.4) is 0 Å². The first-order valence-electron chi connectivity index (χ1n) is 6.44. The van der Waals surface area contributed by atoms with Gasteiger partial charge in [-0.3, -0.25) is 0 Å². The maximum absolute atomic E-state index is 11.7. The second-order valence-corrected chi connectivity index (χ2v) is 5.70. The van der Waals surface area contributed by atoms with Crippen molar-refractivity contribution >= 4 is 6.09 Å². The summed E-state index contributed by atoms with van der Waals surface area (Å²) in [6, 6.07) is 9.70. The number of ether oxygens (including phenoxy) is 1. The third kappa shape index (κ3) is 6.25. The normalized spacial score (nSPS) is 12.9. The molecule has 0 heterocycles. The quantitative estimate of drug-likeness (QED) is 0.909. The predicted octanol–water partition coefficient (Wildman–Crippen LogP) is 2.46. The number of hydrogen-bond acceptors (Lipinski definition) is 3. The van der Waals surface area contributed by atoms with Crippen molar-refractivity contribution in [2.45, 2.75) is 38.9 Å². The molecule has 0 bridgehead atoms. The summed E-state index contributed by atoms with van der Waals surface area (Å²) < 4.78 is 5.23. The zero-order chi connectivity index (χ0) is 14.5. The molecule has 0 aliphatic heterocycles. The molecule has 1 N–H and O–H groups in total. The Bertz CT molecular complexity index is 398. The maximum atomic E-state index is 11.7. The van der Waals surface area contributed by atoms with E-state index in [0.29, 0.717) is 6.42 Å². The molecule has 0 radical (unpaired) electrons. The highest BCUT2D eigenvalue weighted by molar-refractivity contribution is 5.67. The summed E-state index contributed by atoms with van der Waals surface area (Å²) in [5.41, 5.74) is 0.531. The van der Waals surface area contributed by atoms with Gasteiger partial charge in [0.2, 0.25) is 0 Å². The number of benzene rings is 1. The Kier molecular flexibility index (Phi) is 5.36. The summed E-state index contributed by atoms with van der Waals surface area (Å²) in [6.45, 7) is 5.71. The maximum Gasteiger partial charge on any atom is 0.410 e. The second-order valence-electron chi connectivity index (χ2n) is 5.70. The topological polar surface area (TPSA) is 49.8 Å². The predicted molar refractivity (Wildman–Crippen MR) is 75.0 cm³/mol. The van der Waals surface area contributed by atoms with Gasteiger partial charge >= 0.3 is 6.09 Å². The molecule has 1 aromatic carbocycles. The van der Waals surface area contributed by atoms with E-state index in [0.717, 1.165) is 5.56 Å². The average molecular weight is 265 g/mol. The van der Waals surface area contributed by atoms with Crippen molar-refractivity contribution in [3.05, 3.63) is 35.9 Å². The molecule has 0 aliphatic rings. The number of rotatable bonds is 4. The molecule has 19 heavy (non-hydrogen) atoms. The molecule has 1 rings (SSSR count). The Hall–Kier alpha value is -1.55. The molecule has 0 unspecified atom stereocenters. The number of likely N-dealkylation sites (N-methyl/N-ethyl adjacent to an activating group) is 1. The van der Waals surface area contributed by atoms with Crippen molar-refractivity contribution in [1.82, 2.24) is 4.90 Å². The smallest absolute Gasteiger partial charge is 0.410 e. The van der Waals surface area contributed by atoms with Gasteiger partial charge < -0.3 is 14.7 Å². The molecule has 106 valence electrons. The molecule has 1 aromatic rings. The number of aliphatic hydroxyl groups is 1. The zero-order valence-electron chi connectivity index (χ0n) is 12.1. The Morgan fingerprint density at radius 1 is 1.32 bits per heavy atom. The number of hydrogen-bond donors (Lipinski definition) is 1. The lowest BCUT2D eigenvalue weighted by atomic mass is 10.1. The van der Waals surface area contributed by atoms with Gasteiger partial charge in [-0.25, -0.2) is 4.79 Å². The van der Waals surface area contributed by atoms with Gasteiger partial charge in [0.25, 0.3) is 0 Å². The van der Waals surface area contributed by atoms with E-state index in [2.05, 4.69) is 0 Å². The van der Waals surface area contributed by atoms with E-state index in [1.165, 1.54) is 4.90 Å². The van der Waals surface area contributed by atoms with Crippen LogP contribution >= 0.6 is 0 Å². The monoisotopic (exact) mass is 265 g/mol. The highest BCUT2D eigenvalue weighted by Crippen LogP contribution is 2.10. The number of carbonyl (C=O) groups is 1. The molecule has 0 spiro atoms. The molecule has 1 atom stereocenters. The minimum absolute atomic E-state index is 0.254. The van der Waals surface area contributed by atoms with Crippen molar-refractivity contribution in [3.63, 3.8) is 0 Å². The summed E-state index contributed by atoms with van der Waals surface area (Å²) in [5, 5.41) is 9.97. The molecule has 0 saturated carbocycles. The molecule has 0 aromatic heterocycles. The van der Waals surface area contributed by atoms with Crippen molar-refractivity contribution in [1.29, 1.82) is 0 Å². The summed E-state index contributed by atoms with van der Waals surface area (Å²) in [4.78, 5) is 13.1. The summed E-state index contributed by atoms with van der Waals surface area (Å²) in [5.74, 6) is 0. The Morgan fingerprint density at radius 2 is 1.89 bits per heavy atom. The van der Waals surface area contributed by atoms with Crippen molar-refractivity contribution in [2.75, 3.05) is 13.6 Å². The molecule has 1 amide bonds. The van der Waals surface area contributed by atoms with Crippen LogP contribution in [-0.2, 0) is 11.2 Å². The fourth-order valence-corrected chi connectivity index (χ4v) is 1.68.